The van der Waals surface area contributed by atoms with Crippen LogP contribution in [0.5, 0.6) is 0 Å². The summed E-state index contributed by atoms with van der Waals surface area (Å²) < 4.78 is 2.23. The molecule has 2 unspecified atom stereocenters. The number of rotatable bonds is 3. The quantitative estimate of drug-likeness (QED) is 0.741. The van der Waals surface area contributed by atoms with Crippen LogP contribution in [0.25, 0.3) is 0 Å². The lowest BCUT2D eigenvalue weighted by molar-refractivity contribution is 0.0664. The molecule has 28 heavy (non-hydrogen) atoms. The van der Waals surface area contributed by atoms with Crippen molar-refractivity contribution in [2.24, 2.45) is 0 Å². The fraction of sp³-hybridized carbons (Fsp3) is 0.273. The summed E-state index contributed by atoms with van der Waals surface area (Å²) in [5.74, 6) is 0.0605. The number of fused-ring (bicyclic) bond motifs is 1. The first-order valence-electron chi connectivity index (χ1n) is 9.75. The summed E-state index contributed by atoms with van der Waals surface area (Å²) in [4.78, 5) is 19.7. The van der Waals surface area contributed by atoms with E-state index in [2.05, 4.69) is 44.8 Å². The van der Waals surface area contributed by atoms with E-state index in [1.54, 1.807) is 6.20 Å². The van der Waals surface area contributed by atoms with Gasteiger partial charge in [0.05, 0.1) is 6.04 Å². The molecule has 4 heterocycles. The summed E-state index contributed by atoms with van der Waals surface area (Å²) in [5.41, 5.74) is 10.5. The van der Waals surface area contributed by atoms with Gasteiger partial charge >= 0.3 is 0 Å². The largest absolute Gasteiger partial charge is 0.348 e. The highest BCUT2D eigenvalue weighted by Gasteiger charge is 2.32. The molecule has 6 nitrogen and oxygen atoms in total. The maximum Gasteiger partial charge on any atom is 0.254 e. The van der Waals surface area contributed by atoms with Gasteiger partial charge in [0.15, 0.2) is 0 Å². The van der Waals surface area contributed by atoms with Crippen LogP contribution in [0, 0.1) is 0 Å². The lowest BCUT2D eigenvalue weighted by Gasteiger charge is -2.37. The van der Waals surface area contributed by atoms with Crippen LogP contribution in [0.4, 0.5) is 0 Å². The molecule has 2 aliphatic heterocycles. The van der Waals surface area contributed by atoms with E-state index >= 15 is 0 Å². The first kappa shape index (κ1) is 17.2. The van der Waals surface area contributed by atoms with Crippen molar-refractivity contribution in [2.45, 2.75) is 25.0 Å². The van der Waals surface area contributed by atoms with E-state index in [9.17, 15) is 4.79 Å². The molecule has 1 amide bonds. The summed E-state index contributed by atoms with van der Waals surface area (Å²) in [6.07, 6.45) is 6.76. The Kier molecular flexibility index (Phi) is 4.43. The van der Waals surface area contributed by atoms with Gasteiger partial charge in [-0.3, -0.25) is 20.6 Å². The highest BCUT2D eigenvalue weighted by Crippen LogP contribution is 2.33. The number of aromatic nitrogens is 2. The monoisotopic (exact) mass is 373 g/mol. The SMILES string of the molecule is O=C(c1ccc(C2CCNN2)cc1)N1CCn2cccc2C1c1cccnc1. The zero-order chi connectivity index (χ0) is 18.9. The molecule has 2 aromatic heterocycles. The molecule has 0 aliphatic carbocycles. The molecule has 2 aliphatic rings. The number of carbonyl (C=O) groups is 1. The highest BCUT2D eigenvalue weighted by atomic mass is 16.2. The minimum atomic E-state index is -0.120. The van der Waals surface area contributed by atoms with Gasteiger partial charge in [0.2, 0.25) is 0 Å². The Morgan fingerprint density at radius 3 is 2.68 bits per heavy atom. The number of carbonyl (C=O) groups excluding carboxylic acids is 1. The average molecular weight is 373 g/mol. The molecule has 2 atom stereocenters. The Morgan fingerprint density at radius 2 is 1.93 bits per heavy atom. The predicted molar refractivity (Wildman–Crippen MR) is 106 cm³/mol. The van der Waals surface area contributed by atoms with Crippen molar-refractivity contribution in [1.82, 2.24) is 25.3 Å². The normalized spacial score (nSPS) is 21.5. The van der Waals surface area contributed by atoms with E-state index in [1.807, 2.05) is 41.4 Å². The lowest BCUT2D eigenvalue weighted by atomic mass is 9.99. The van der Waals surface area contributed by atoms with Crippen molar-refractivity contribution in [1.29, 1.82) is 0 Å². The van der Waals surface area contributed by atoms with Gasteiger partial charge in [-0.15, -0.1) is 0 Å². The second kappa shape index (κ2) is 7.22. The van der Waals surface area contributed by atoms with Crippen LogP contribution in [0.2, 0.25) is 0 Å². The smallest absolute Gasteiger partial charge is 0.254 e. The van der Waals surface area contributed by atoms with Crippen LogP contribution in [0.15, 0.2) is 67.1 Å². The second-order valence-electron chi connectivity index (χ2n) is 7.35. The highest BCUT2D eigenvalue weighted by molar-refractivity contribution is 5.94. The summed E-state index contributed by atoms with van der Waals surface area (Å²) in [6.45, 7) is 2.45. The molecule has 5 rings (SSSR count). The number of pyridine rings is 1. The number of nitrogens with zero attached hydrogens (tertiary/aromatic N) is 3. The minimum Gasteiger partial charge on any atom is -0.348 e. The third-order valence-corrected chi connectivity index (χ3v) is 5.69. The summed E-state index contributed by atoms with van der Waals surface area (Å²) in [7, 11) is 0. The molecule has 1 aromatic carbocycles. The van der Waals surface area contributed by atoms with E-state index < -0.39 is 0 Å². The summed E-state index contributed by atoms with van der Waals surface area (Å²) >= 11 is 0. The van der Waals surface area contributed by atoms with Crippen molar-refractivity contribution < 1.29 is 4.79 Å². The Morgan fingerprint density at radius 1 is 1.04 bits per heavy atom. The fourth-order valence-corrected chi connectivity index (χ4v) is 4.25. The van der Waals surface area contributed by atoms with Gasteiger partial charge in [0.1, 0.15) is 0 Å². The van der Waals surface area contributed by atoms with Crippen molar-refractivity contribution >= 4 is 5.91 Å². The third kappa shape index (κ3) is 3.00. The van der Waals surface area contributed by atoms with Crippen LogP contribution in [0.1, 0.15) is 45.7 Å². The average Bonchev–Trinajstić information content (AvgIpc) is 3.45. The zero-order valence-corrected chi connectivity index (χ0v) is 15.6. The minimum absolute atomic E-state index is 0.0605. The Balaban J connectivity index is 1.46. The van der Waals surface area contributed by atoms with Crippen LogP contribution >= 0.6 is 0 Å². The Hall–Kier alpha value is -2.96. The molecular formula is C22H23N5O. The molecule has 6 heteroatoms. The molecule has 3 aromatic rings. The summed E-state index contributed by atoms with van der Waals surface area (Å²) in [5, 5.41) is 0. The van der Waals surface area contributed by atoms with Crippen molar-refractivity contribution in [3.8, 4) is 0 Å². The van der Waals surface area contributed by atoms with Crippen LogP contribution in [-0.2, 0) is 6.54 Å². The second-order valence-corrected chi connectivity index (χ2v) is 7.35. The number of hydrogen-bond donors (Lipinski definition) is 2. The number of hydrazine groups is 1. The molecule has 0 saturated carbocycles. The van der Waals surface area contributed by atoms with Crippen LogP contribution in [0.3, 0.4) is 0 Å². The Bertz CT molecular complexity index is 960. The maximum absolute atomic E-state index is 13.4. The lowest BCUT2D eigenvalue weighted by Crippen LogP contribution is -2.42. The van der Waals surface area contributed by atoms with Crippen LogP contribution < -0.4 is 10.9 Å². The number of nitrogens with one attached hydrogen (secondary N) is 2. The van der Waals surface area contributed by atoms with E-state index in [0.29, 0.717) is 12.6 Å². The standard InChI is InChI=1S/C22H23N5O/c28-22(17-7-5-16(6-8-17)19-9-11-24-25-19)27-14-13-26-12-2-4-20(26)21(27)18-3-1-10-23-15-18/h1-8,10,12,15,19,21,24-25H,9,11,13-14H2. The molecule has 0 bridgehead atoms. The molecule has 0 spiro atoms. The third-order valence-electron chi connectivity index (χ3n) is 5.69. The molecule has 1 fully saturated rings. The molecular weight excluding hydrogens is 350 g/mol. The zero-order valence-electron chi connectivity index (χ0n) is 15.6. The van der Waals surface area contributed by atoms with Gasteiger partial charge in [0.25, 0.3) is 5.91 Å². The van der Waals surface area contributed by atoms with E-state index in [1.165, 1.54) is 5.56 Å². The van der Waals surface area contributed by atoms with Crippen molar-refractivity contribution in [2.75, 3.05) is 13.1 Å². The molecule has 142 valence electrons. The Labute approximate surface area is 164 Å². The van der Waals surface area contributed by atoms with Gasteiger partial charge in [-0.2, -0.15) is 0 Å². The van der Waals surface area contributed by atoms with E-state index in [-0.39, 0.29) is 11.9 Å². The van der Waals surface area contributed by atoms with Gasteiger partial charge < -0.3 is 9.47 Å². The molecule has 1 saturated heterocycles. The van der Waals surface area contributed by atoms with Gasteiger partial charge in [0, 0.05) is 55.5 Å². The summed E-state index contributed by atoms with van der Waals surface area (Å²) in [6, 6.07) is 16.3. The number of amides is 1. The maximum atomic E-state index is 13.4. The topological polar surface area (TPSA) is 62.2 Å². The predicted octanol–water partition coefficient (Wildman–Crippen LogP) is 2.67. The van der Waals surface area contributed by atoms with Gasteiger partial charge in [-0.25, -0.2) is 0 Å². The van der Waals surface area contributed by atoms with Gasteiger partial charge in [-0.1, -0.05) is 18.2 Å². The molecule has 2 N–H and O–H groups in total. The first-order valence-corrected chi connectivity index (χ1v) is 9.75. The van der Waals surface area contributed by atoms with Crippen molar-refractivity contribution in [3.63, 3.8) is 0 Å². The van der Waals surface area contributed by atoms with Crippen molar-refractivity contribution in [3.05, 3.63) is 89.5 Å². The first-order chi connectivity index (χ1) is 13.8. The van der Waals surface area contributed by atoms with E-state index in [4.69, 9.17) is 0 Å². The fourth-order valence-electron chi connectivity index (χ4n) is 4.25. The van der Waals surface area contributed by atoms with Crippen LogP contribution in [-0.4, -0.2) is 33.4 Å². The number of hydrogen-bond acceptors (Lipinski definition) is 4. The van der Waals surface area contributed by atoms with Gasteiger partial charge in [-0.05, 0) is 47.9 Å². The van der Waals surface area contributed by atoms with E-state index in [0.717, 1.165) is 36.3 Å². The number of benzene rings is 1. The molecule has 0 radical (unpaired) electrons.